The van der Waals surface area contributed by atoms with Crippen LogP contribution in [0.15, 0.2) is 24.3 Å². The van der Waals surface area contributed by atoms with Crippen LogP contribution >= 0.6 is 0 Å². The molecule has 5 nitrogen and oxygen atoms in total. The smallest absolute Gasteiger partial charge is 0.326 e. The molecule has 1 aromatic rings. The monoisotopic (exact) mass is 249 g/mol. The normalized spacial score (nSPS) is 11.7. The van der Waals surface area contributed by atoms with Crippen molar-refractivity contribution < 1.29 is 19.5 Å². The van der Waals surface area contributed by atoms with Gasteiger partial charge in [-0.1, -0.05) is 12.1 Å². The maximum Gasteiger partial charge on any atom is 0.326 e. The van der Waals surface area contributed by atoms with Crippen LogP contribution in [0.4, 0.5) is 0 Å². The number of nitrogens with zero attached hydrogens (tertiary/aromatic N) is 1. The predicted molar refractivity (Wildman–Crippen MR) is 65.6 cm³/mol. The van der Waals surface area contributed by atoms with E-state index in [0.29, 0.717) is 11.1 Å². The van der Waals surface area contributed by atoms with Crippen LogP contribution < -0.4 is 0 Å². The van der Waals surface area contributed by atoms with E-state index in [1.54, 1.807) is 12.1 Å². The van der Waals surface area contributed by atoms with Crippen molar-refractivity contribution in [2.45, 2.75) is 19.9 Å². The molecule has 1 N–H and O–H groups in total. The van der Waals surface area contributed by atoms with Gasteiger partial charge in [-0.25, -0.2) is 4.79 Å². The fourth-order valence-corrected chi connectivity index (χ4v) is 1.39. The van der Waals surface area contributed by atoms with E-state index in [1.165, 1.54) is 33.0 Å². The van der Waals surface area contributed by atoms with Gasteiger partial charge in [0, 0.05) is 18.2 Å². The van der Waals surface area contributed by atoms with E-state index in [2.05, 4.69) is 0 Å². The second-order valence-corrected chi connectivity index (χ2v) is 4.06. The third-order valence-electron chi connectivity index (χ3n) is 2.80. The number of carboxylic acids is 1. The molecule has 0 radical (unpaired) electrons. The summed E-state index contributed by atoms with van der Waals surface area (Å²) in [6, 6.07) is 5.24. The molecule has 0 aliphatic heterocycles. The molecule has 0 aliphatic rings. The molecule has 18 heavy (non-hydrogen) atoms. The lowest BCUT2D eigenvalue weighted by Gasteiger charge is -2.21. The minimum Gasteiger partial charge on any atom is -0.480 e. The van der Waals surface area contributed by atoms with Crippen LogP contribution in [-0.2, 0) is 4.79 Å². The van der Waals surface area contributed by atoms with Crippen LogP contribution in [0, 0.1) is 0 Å². The Bertz CT molecular complexity index is 478. The van der Waals surface area contributed by atoms with E-state index in [0.717, 1.165) is 4.90 Å². The number of hydrogen-bond donors (Lipinski definition) is 1. The number of likely N-dealkylation sites (N-methyl/N-ethyl adjacent to an activating group) is 1. The van der Waals surface area contributed by atoms with E-state index >= 15 is 0 Å². The van der Waals surface area contributed by atoms with Crippen molar-refractivity contribution in [2.75, 3.05) is 7.05 Å². The number of ketones is 1. The Labute approximate surface area is 105 Å². The van der Waals surface area contributed by atoms with Crippen LogP contribution in [0.1, 0.15) is 34.6 Å². The Hall–Kier alpha value is -2.17. The number of carbonyl (C=O) groups is 3. The van der Waals surface area contributed by atoms with Crippen LogP contribution in [-0.4, -0.2) is 40.8 Å². The molecular formula is C13H15NO4. The van der Waals surface area contributed by atoms with Crippen molar-refractivity contribution in [3.8, 4) is 0 Å². The fourth-order valence-electron chi connectivity index (χ4n) is 1.39. The molecule has 0 spiro atoms. The lowest BCUT2D eigenvalue weighted by molar-refractivity contribution is -0.141. The van der Waals surface area contributed by atoms with Gasteiger partial charge in [0.2, 0.25) is 0 Å². The lowest BCUT2D eigenvalue weighted by Crippen LogP contribution is -2.40. The van der Waals surface area contributed by atoms with Gasteiger partial charge in [0.25, 0.3) is 5.91 Å². The first-order chi connectivity index (χ1) is 8.34. The average Bonchev–Trinajstić information content (AvgIpc) is 2.36. The van der Waals surface area contributed by atoms with Crippen molar-refractivity contribution in [1.82, 2.24) is 4.90 Å². The highest BCUT2D eigenvalue weighted by Gasteiger charge is 2.22. The summed E-state index contributed by atoms with van der Waals surface area (Å²) in [4.78, 5) is 35.0. The van der Waals surface area contributed by atoms with E-state index < -0.39 is 12.0 Å². The Morgan fingerprint density at radius 3 is 1.94 bits per heavy atom. The standard InChI is InChI=1S/C13H15NO4/c1-8(13(17)18)14(3)12(16)11-6-4-10(5-7-11)9(2)15/h4-8H,1-3H3,(H,17,18). The Balaban J connectivity index is 2.90. The number of carboxylic acid groups (broad SMARTS) is 1. The van der Waals surface area contributed by atoms with Gasteiger partial charge in [-0.15, -0.1) is 0 Å². The van der Waals surface area contributed by atoms with Crippen molar-refractivity contribution >= 4 is 17.7 Å². The molecule has 1 rings (SSSR count). The summed E-state index contributed by atoms with van der Waals surface area (Å²) >= 11 is 0. The molecular weight excluding hydrogens is 234 g/mol. The quantitative estimate of drug-likeness (QED) is 0.819. The number of Topliss-reactive ketones (excluding diaryl/α,β-unsaturated/α-hetero) is 1. The van der Waals surface area contributed by atoms with E-state index in [9.17, 15) is 14.4 Å². The molecule has 0 bridgehead atoms. The molecule has 1 aromatic carbocycles. The Morgan fingerprint density at radius 2 is 1.56 bits per heavy atom. The zero-order chi connectivity index (χ0) is 13.9. The van der Waals surface area contributed by atoms with Crippen LogP contribution in [0.5, 0.6) is 0 Å². The first-order valence-corrected chi connectivity index (χ1v) is 5.45. The Kier molecular flexibility index (Phi) is 4.20. The molecule has 0 saturated heterocycles. The minimum atomic E-state index is -1.06. The molecule has 1 amide bonds. The minimum absolute atomic E-state index is 0.0822. The molecule has 0 fully saturated rings. The van der Waals surface area contributed by atoms with Gasteiger partial charge in [0.15, 0.2) is 5.78 Å². The van der Waals surface area contributed by atoms with Crippen LogP contribution in [0.2, 0.25) is 0 Å². The summed E-state index contributed by atoms with van der Waals surface area (Å²) < 4.78 is 0. The summed E-state index contributed by atoms with van der Waals surface area (Å²) in [5.74, 6) is -1.53. The third kappa shape index (κ3) is 2.94. The predicted octanol–water partition coefficient (Wildman–Crippen LogP) is 1.43. The van der Waals surface area contributed by atoms with Crippen molar-refractivity contribution in [3.63, 3.8) is 0 Å². The number of amides is 1. The molecule has 1 unspecified atom stereocenters. The summed E-state index contributed by atoms with van der Waals surface area (Å²) in [6.45, 7) is 2.87. The van der Waals surface area contributed by atoms with E-state index in [1.807, 2.05) is 0 Å². The van der Waals surface area contributed by atoms with Gasteiger partial charge in [-0.05, 0) is 26.0 Å². The number of hydrogen-bond acceptors (Lipinski definition) is 3. The van der Waals surface area contributed by atoms with E-state index in [-0.39, 0.29) is 11.7 Å². The summed E-state index contributed by atoms with van der Waals surface area (Å²) in [5, 5.41) is 8.83. The number of rotatable bonds is 4. The SMILES string of the molecule is CC(=O)c1ccc(C(=O)N(C)C(C)C(=O)O)cc1. The molecule has 96 valence electrons. The first kappa shape index (κ1) is 13.9. The molecule has 0 aromatic heterocycles. The number of carbonyl (C=O) groups excluding carboxylic acids is 2. The first-order valence-electron chi connectivity index (χ1n) is 5.45. The summed E-state index contributed by atoms with van der Waals surface area (Å²) in [5.41, 5.74) is 0.871. The van der Waals surface area contributed by atoms with Gasteiger partial charge in [0.05, 0.1) is 0 Å². The van der Waals surface area contributed by atoms with Crippen molar-refractivity contribution in [3.05, 3.63) is 35.4 Å². The average molecular weight is 249 g/mol. The summed E-state index contributed by atoms with van der Waals surface area (Å²) in [7, 11) is 1.43. The summed E-state index contributed by atoms with van der Waals surface area (Å²) in [6.07, 6.45) is 0. The number of benzene rings is 1. The Morgan fingerprint density at radius 1 is 1.11 bits per heavy atom. The van der Waals surface area contributed by atoms with Gasteiger partial charge in [0.1, 0.15) is 6.04 Å². The molecule has 0 aliphatic carbocycles. The zero-order valence-corrected chi connectivity index (χ0v) is 10.5. The highest BCUT2D eigenvalue weighted by atomic mass is 16.4. The van der Waals surface area contributed by atoms with Crippen molar-refractivity contribution in [1.29, 1.82) is 0 Å². The highest BCUT2D eigenvalue weighted by molar-refractivity contribution is 5.98. The number of aliphatic carboxylic acids is 1. The van der Waals surface area contributed by atoms with Crippen LogP contribution in [0.25, 0.3) is 0 Å². The maximum atomic E-state index is 11.9. The largest absolute Gasteiger partial charge is 0.480 e. The molecule has 0 heterocycles. The van der Waals surface area contributed by atoms with Gasteiger partial charge < -0.3 is 10.0 Å². The van der Waals surface area contributed by atoms with Gasteiger partial charge >= 0.3 is 5.97 Å². The molecule has 5 heteroatoms. The second kappa shape index (κ2) is 5.44. The highest BCUT2D eigenvalue weighted by Crippen LogP contribution is 2.09. The molecule has 1 atom stereocenters. The lowest BCUT2D eigenvalue weighted by atomic mass is 10.1. The van der Waals surface area contributed by atoms with Gasteiger partial charge in [-0.2, -0.15) is 0 Å². The fraction of sp³-hybridized carbons (Fsp3) is 0.308. The van der Waals surface area contributed by atoms with Gasteiger partial charge in [-0.3, -0.25) is 9.59 Å². The zero-order valence-electron chi connectivity index (χ0n) is 10.5. The van der Waals surface area contributed by atoms with Crippen molar-refractivity contribution in [2.24, 2.45) is 0 Å². The maximum absolute atomic E-state index is 11.9. The van der Waals surface area contributed by atoms with E-state index in [4.69, 9.17) is 5.11 Å². The third-order valence-corrected chi connectivity index (χ3v) is 2.80. The van der Waals surface area contributed by atoms with Crippen LogP contribution in [0.3, 0.4) is 0 Å². The second-order valence-electron chi connectivity index (χ2n) is 4.06. The molecule has 0 saturated carbocycles. The topological polar surface area (TPSA) is 74.7 Å².